The Morgan fingerprint density at radius 2 is 1.80 bits per heavy atom. The van der Waals surface area contributed by atoms with Crippen LogP contribution >= 0.6 is 0 Å². The molecule has 136 valence electrons. The van der Waals surface area contributed by atoms with Crippen LogP contribution in [0.1, 0.15) is 25.2 Å². The predicted octanol–water partition coefficient (Wildman–Crippen LogP) is 1.94. The smallest absolute Gasteiger partial charge is 0.280 e. The fraction of sp³-hybridized carbons (Fsp3) is 0.412. The van der Waals surface area contributed by atoms with E-state index in [-0.39, 0.29) is 10.9 Å². The maximum Gasteiger partial charge on any atom is 0.280 e. The first-order valence-electron chi connectivity index (χ1n) is 8.16. The molecule has 0 spiro atoms. The standard InChI is InChI=1S/C17H24N4O3S/c1-5-21(6-2)17(22)11-14-7-9-15(10-8-14)19-25(23,24)16-12-20(4)13(3)18-16/h7-10,12,19H,5-6,11H2,1-4H3. The third-order valence-electron chi connectivity index (χ3n) is 4.04. The lowest BCUT2D eigenvalue weighted by atomic mass is 10.1. The lowest BCUT2D eigenvalue weighted by molar-refractivity contribution is -0.130. The molecule has 0 saturated carbocycles. The number of aryl methyl sites for hydroxylation is 2. The van der Waals surface area contributed by atoms with Crippen molar-refractivity contribution in [1.29, 1.82) is 0 Å². The van der Waals surface area contributed by atoms with Crippen molar-refractivity contribution in [3.05, 3.63) is 41.9 Å². The molecule has 0 unspecified atom stereocenters. The summed E-state index contributed by atoms with van der Waals surface area (Å²) in [7, 11) is -1.99. The summed E-state index contributed by atoms with van der Waals surface area (Å²) in [4.78, 5) is 17.9. The zero-order valence-corrected chi connectivity index (χ0v) is 15.8. The molecule has 0 fully saturated rings. The van der Waals surface area contributed by atoms with E-state index in [1.807, 2.05) is 13.8 Å². The fourth-order valence-electron chi connectivity index (χ4n) is 2.42. The molecule has 2 aromatic rings. The molecule has 8 heteroatoms. The Kier molecular flexibility index (Phi) is 5.84. The zero-order valence-electron chi connectivity index (χ0n) is 15.0. The summed E-state index contributed by atoms with van der Waals surface area (Å²) in [6, 6.07) is 6.81. The van der Waals surface area contributed by atoms with Crippen molar-refractivity contribution in [2.24, 2.45) is 7.05 Å². The minimum atomic E-state index is -3.73. The van der Waals surface area contributed by atoms with Crippen LogP contribution in [0.4, 0.5) is 5.69 Å². The van der Waals surface area contributed by atoms with E-state index in [4.69, 9.17) is 0 Å². The van der Waals surface area contributed by atoms with Crippen LogP contribution in [0.3, 0.4) is 0 Å². The van der Waals surface area contributed by atoms with Crippen molar-refractivity contribution in [1.82, 2.24) is 14.5 Å². The predicted molar refractivity (Wildman–Crippen MR) is 96.8 cm³/mol. The Hall–Kier alpha value is -2.35. The summed E-state index contributed by atoms with van der Waals surface area (Å²) in [5.74, 6) is 0.674. The number of anilines is 1. The molecule has 1 aromatic carbocycles. The highest BCUT2D eigenvalue weighted by Crippen LogP contribution is 2.16. The molecule has 2 rings (SSSR count). The molecule has 1 aromatic heterocycles. The number of benzene rings is 1. The molecule has 7 nitrogen and oxygen atoms in total. The number of imidazole rings is 1. The summed E-state index contributed by atoms with van der Waals surface area (Å²) in [5, 5.41) is -0.0201. The van der Waals surface area contributed by atoms with E-state index < -0.39 is 10.0 Å². The number of sulfonamides is 1. The number of carbonyl (C=O) groups excluding carboxylic acids is 1. The summed E-state index contributed by atoms with van der Waals surface area (Å²) in [6.45, 7) is 6.98. The number of amides is 1. The van der Waals surface area contributed by atoms with Crippen LogP contribution in [0, 0.1) is 6.92 Å². The van der Waals surface area contributed by atoms with Crippen molar-refractivity contribution in [3.63, 3.8) is 0 Å². The van der Waals surface area contributed by atoms with E-state index in [1.165, 1.54) is 6.20 Å². The summed E-state index contributed by atoms with van der Waals surface area (Å²) < 4.78 is 28.8. The molecule has 25 heavy (non-hydrogen) atoms. The highest BCUT2D eigenvalue weighted by molar-refractivity contribution is 7.92. The zero-order chi connectivity index (χ0) is 18.6. The van der Waals surface area contributed by atoms with Crippen LogP contribution in [0.15, 0.2) is 35.5 Å². The normalized spacial score (nSPS) is 11.4. The Morgan fingerprint density at radius 3 is 2.28 bits per heavy atom. The second-order valence-corrected chi connectivity index (χ2v) is 7.41. The second kappa shape index (κ2) is 7.69. The number of aromatic nitrogens is 2. The van der Waals surface area contributed by atoms with E-state index >= 15 is 0 Å². The third kappa shape index (κ3) is 4.60. The molecule has 0 radical (unpaired) electrons. The minimum Gasteiger partial charge on any atom is -0.343 e. The molecule has 1 amide bonds. The molecule has 1 N–H and O–H groups in total. The molecule has 0 atom stereocenters. The van der Waals surface area contributed by atoms with Crippen LogP contribution in [0.2, 0.25) is 0 Å². The summed E-state index contributed by atoms with van der Waals surface area (Å²) in [5.41, 5.74) is 1.27. The van der Waals surface area contributed by atoms with Gasteiger partial charge in [0, 0.05) is 32.0 Å². The van der Waals surface area contributed by atoms with Gasteiger partial charge in [-0.15, -0.1) is 0 Å². The van der Waals surface area contributed by atoms with Crippen LogP contribution in [-0.4, -0.2) is 41.9 Å². The molecule has 0 aliphatic carbocycles. The van der Waals surface area contributed by atoms with Crippen LogP contribution < -0.4 is 4.72 Å². The molecular weight excluding hydrogens is 340 g/mol. The van der Waals surface area contributed by atoms with Gasteiger partial charge in [0.25, 0.3) is 10.0 Å². The van der Waals surface area contributed by atoms with Gasteiger partial charge in [0.2, 0.25) is 5.91 Å². The van der Waals surface area contributed by atoms with Gasteiger partial charge in [-0.1, -0.05) is 12.1 Å². The lowest BCUT2D eigenvalue weighted by Gasteiger charge is -2.18. The van der Waals surface area contributed by atoms with Crippen LogP contribution in [0.25, 0.3) is 0 Å². The number of carbonyl (C=O) groups is 1. The molecule has 0 aliphatic rings. The molecule has 0 aliphatic heterocycles. The van der Waals surface area contributed by atoms with Crippen molar-refractivity contribution < 1.29 is 13.2 Å². The highest BCUT2D eigenvalue weighted by Gasteiger charge is 2.18. The maximum atomic E-state index is 12.3. The first-order valence-corrected chi connectivity index (χ1v) is 9.64. The number of rotatable bonds is 7. The Bertz CT molecular complexity index is 818. The maximum absolute atomic E-state index is 12.3. The average molecular weight is 364 g/mol. The van der Waals surface area contributed by atoms with Gasteiger partial charge in [-0.2, -0.15) is 8.42 Å². The summed E-state index contributed by atoms with van der Waals surface area (Å²) in [6.07, 6.45) is 1.77. The first kappa shape index (κ1) is 19.0. The Labute approximate surface area is 148 Å². The highest BCUT2D eigenvalue weighted by atomic mass is 32.2. The van der Waals surface area contributed by atoms with Crippen LogP contribution in [0.5, 0.6) is 0 Å². The average Bonchev–Trinajstić information content (AvgIpc) is 2.90. The lowest BCUT2D eigenvalue weighted by Crippen LogP contribution is -2.31. The molecular formula is C17H24N4O3S. The van der Waals surface area contributed by atoms with Crippen LogP contribution in [-0.2, 0) is 28.3 Å². The summed E-state index contributed by atoms with van der Waals surface area (Å²) >= 11 is 0. The second-order valence-electron chi connectivity index (χ2n) is 5.78. The van der Waals surface area contributed by atoms with Gasteiger partial charge in [-0.3, -0.25) is 9.52 Å². The monoisotopic (exact) mass is 364 g/mol. The Balaban J connectivity index is 2.08. The largest absolute Gasteiger partial charge is 0.343 e. The van der Waals surface area contributed by atoms with E-state index in [2.05, 4.69) is 9.71 Å². The van der Waals surface area contributed by atoms with Crippen molar-refractivity contribution in [2.45, 2.75) is 32.2 Å². The number of nitrogens with one attached hydrogen (secondary N) is 1. The fourth-order valence-corrected chi connectivity index (χ4v) is 3.52. The van der Waals surface area contributed by atoms with Gasteiger partial charge in [-0.25, -0.2) is 4.98 Å². The van der Waals surface area contributed by atoms with Gasteiger partial charge in [0.05, 0.1) is 6.42 Å². The van der Waals surface area contributed by atoms with E-state index in [0.29, 0.717) is 31.0 Å². The first-order chi connectivity index (χ1) is 11.8. The molecule has 0 bridgehead atoms. The van der Waals surface area contributed by atoms with Gasteiger partial charge in [0.15, 0.2) is 5.03 Å². The van der Waals surface area contributed by atoms with Crippen molar-refractivity contribution in [3.8, 4) is 0 Å². The number of hydrogen-bond donors (Lipinski definition) is 1. The van der Waals surface area contributed by atoms with E-state index in [9.17, 15) is 13.2 Å². The molecule has 0 saturated heterocycles. The van der Waals surface area contributed by atoms with Gasteiger partial charge in [0.1, 0.15) is 5.82 Å². The van der Waals surface area contributed by atoms with Crippen molar-refractivity contribution >= 4 is 21.6 Å². The van der Waals surface area contributed by atoms with Crippen molar-refractivity contribution in [2.75, 3.05) is 17.8 Å². The van der Waals surface area contributed by atoms with Gasteiger partial charge < -0.3 is 9.47 Å². The number of nitrogens with zero attached hydrogens (tertiary/aromatic N) is 3. The topological polar surface area (TPSA) is 84.3 Å². The number of hydrogen-bond acceptors (Lipinski definition) is 4. The van der Waals surface area contributed by atoms with Gasteiger partial charge >= 0.3 is 0 Å². The third-order valence-corrected chi connectivity index (χ3v) is 5.29. The quantitative estimate of drug-likeness (QED) is 0.814. The van der Waals surface area contributed by atoms with E-state index in [0.717, 1.165) is 5.56 Å². The number of likely N-dealkylation sites (N-methyl/N-ethyl adjacent to an activating group) is 1. The van der Waals surface area contributed by atoms with Gasteiger partial charge in [-0.05, 0) is 38.5 Å². The Morgan fingerprint density at radius 1 is 1.20 bits per heavy atom. The SMILES string of the molecule is CCN(CC)C(=O)Cc1ccc(NS(=O)(=O)c2cn(C)c(C)n2)cc1. The minimum absolute atomic E-state index is 0.0201. The molecule has 1 heterocycles. The van der Waals surface area contributed by atoms with E-state index in [1.54, 1.807) is 47.7 Å².